The standard InChI is InChI=1S/C17H15FN4O3/c18-10-4-2-1-3-9(10)7-21-8-19-17(20-21)22-15(23)13-11-5-6-12(25-11)14(13)16(22)24/h1-4,8,11-14H,5-7H2/t11-,12-,13+,14+/m1/s1. The normalized spacial score (nSPS) is 30.4. The van der Waals surface area contributed by atoms with Crippen LogP contribution in [0, 0.1) is 17.7 Å². The van der Waals surface area contributed by atoms with E-state index in [9.17, 15) is 14.0 Å². The molecule has 0 saturated carbocycles. The van der Waals surface area contributed by atoms with Crippen molar-refractivity contribution in [3.05, 3.63) is 42.0 Å². The number of carbonyl (C=O) groups excluding carboxylic acids is 2. The van der Waals surface area contributed by atoms with Gasteiger partial charge in [0, 0.05) is 5.56 Å². The van der Waals surface area contributed by atoms with Gasteiger partial charge in [-0.25, -0.2) is 14.0 Å². The largest absolute Gasteiger partial charge is 0.373 e. The topological polar surface area (TPSA) is 77.3 Å². The maximum Gasteiger partial charge on any atom is 0.258 e. The molecule has 4 atom stereocenters. The fourth-order valence-corrected chi connectivity index (χ4v) is 4.17. The smallest absolute Gasteiger partial charge is 0.258 e. The van der Waals surface area contributed by atoms with Gasteiger partial charge in [0.1, 0.15) is 12.1 Å². The lowest BCUT2D eigenvalue weighted by molar-refractivity contribution is -0.124. The number of nitrogens with zero attached hydrogens (tertiary/aromatic N) is 4. The molecule has 7 nitrogen and oxygen atoms in total. The molecule has 8 heteroatoms. The van der Waals surface area contributed by atoms with Crippen molar-refractivity contribution in [2.45, 2.75) is 31.6 Å². The molecule has 3 aliphatic rings. The van der Waals surface area contributed by atoms with Gasteiger partial charge in [-0.2, -0.15) is 4.98 Å². The highest BCUT2D eigenvalue weighted by Gasteiger charge is 2.63. The first-order chi connectivity index (χ1) is 12.1. The maximum absolute atomic E-state index is 13.8. The summed E-state index contributed by atoms with van der Waals surface area (Å²) in [5.41, 5.74) is 0.460. The highest BCUT2D eigenvalue weighted by molar-refractivity contribution is 6.21. The van der Waals surface area contributed by atoms with Crippen LogP contribution in [-0.4, -0.2) is 38.8 Å². The highest BCUT2D eigenvalue weighted by atomic mass is 19.1. The Labute approximate surface area is 142 Å². The molecule has 3 fully saturated rings. The Morgan fingerprint density at radius 2 is 1.80 bits per heavy atom. The van der Waals surface area contributed by atoms with Gasteiger partial charge in [0.15, 0.2) is 0 Å². The molecule has 0 radical (unpaired) electrons. The van der Waals surface area contributed by atoms with E-state index in [0.717, 1.165) is 17.7 Å². The molecule has 0 spiro atoms. The average Bonchev–Trinajstić information content (AvgIpc) is 3.35. The third-order valence-electron chi connectivity index (χ3n) is 5.30. The lowest BCUT2D eigenvalue weighted by Crippen LogP contribution is -2.35. The predicted molar refractivity (Wildman–Crippen MR) is 82.9 cm³/mol. The van der Waals surface area contributed by atoms with Gasteiger partial charge in [-0.05, 0) is 18.9 Å². The quantitative estimate of drug-likeness (QED) is 0.782. The van der Waals surface area contributed by atoms with Crippen LogP contribution in [-0.2, 0) is 20.9 Å². The van der Waals surface area contributed by atoms with E-state index < -0.39 is 11.8 Å². The molecule has 3 aliphatic heterocycles. The minimum atomic E-state index is -0.412. The van der Waals surface area contributed by atoms with Crippen molar-refractivity contribution in [2.24, 2.45) is 11.8 Å². The maximum atomic E-state index is 13.8. The van der Waals surface area contributed by atoms with Gasteiger partial charge in [0.05, 0.1) is 30.6 Å². The van der Waals surface area contributed by atoms with Crippen molar-refractivity contribution in [3.8, 4) is 0 Å². The number of hydrogen-bond acceptors (Lipinski definition) is 5. The summed E-state index contributed by atoms with van der Waals surface area (Å²) in [6.45, 7) is 0.178. The van der Waals surface area contributed by atoms with E-state index in [0.29, 0.717) is 5.56 Å². The van der Waals surface area contributed by atoms with Gasteiger partial charge in [-0.1, -0.05) is 18.2 Å². The van der Waals surface area contributed by atoms with Crippen LogP contribution in [0.25, 0.3) is 0 Å². The predicted octanol–water partition coefficient (Wildman–Crippen LogP) is 1.13. The number of hydrogen-bond donors (Lipinski definition) is 0. The second-order valence-corrected chi connectivity index (χ2v) is 6.69. The Kier molecular flexibility index (Phi) is 3.05. The van der Waals surface area contributed by atoms with Crippen LogP contribution in [0.15, 0.2) is 30.6 Å². The summed E-state index contributed by atoms with van der Waals surface area (Å²) in [5.74, 6) is -1.68. The number of imide groups is 1. The summed E-state index contributed by atoms with van der Waals surface area (Å²) < 4.78 is 20.9. The summed E-state index contributed by atoms with van der Waals surface area (Å²) in [7, 11) is 0. The highest BCUT2D eigenvalue weighted by Crippen LogP contribution is 2.48. The first-order valence-corrected chi connectivity index (χ1v) is 8.29. The van der Waals surface area contributed by atoms with E-state index in [-0.39, 0.29) is 42.3 Å². The van der Waals surface area contributed by atoms with Crippen LogP contribution in [0.2, 0.25) is 0 Å². The minimum absolute atomic E-state index is 0.0557. The number of amides is 2. The zero-order valence-corrected chi connectivity index (χ0v) is 13.2. The van der Waals surface area contributed by atoms with Crippen molar-refractivity contribution >= 4 is 17.8 Å². The lowest BCUT2D eigenvalue weighted by atomic mass is 9.81. The lowest BCUT2D eigenvalue weighted by Gasteiger charge is -2.14. The van der Waals surface area contributed by atoms with Gasteiger partial charge in [-0.3, -0.25) is 9.59 Å². The van der Waals surface area contributed by atoms with Crippen LogP contribution >= 0.6 is 0 Å². The molecule has 5 rings (SSSR count). The van der Waals surface area contributed by atoms with Gasteiger partial charge < -0.3 is 4.74 Å². The first kappa shape index (κ1) is 14.7. The monoisotopic (exact) mass is 342 g/mol. The van der Waals surface area contributed by atoms with Crippen molar-refractivity contribution in [3.63, 3.8) is 0 Å². The summed E-state index contributed by atoms with van der Waals surface area (Å²) in [4.78, 5) is 30.5. The first-order valence-electron chi connectivity index (χ1n) is 8.29. The van der Waals surface area contributed by atoms with E-state index in [1.165, 1.54) is 17.1 Å². The van der Waals surface area contributed by atoms with Crippen LogP contribution in [0.1, 0.15) is 18.4 Å². The number of carbonyl (C=O) groups is 2. The van der Waals surface area contributed by atoms with Crippen molar-refractivity contribution in [2.75, 3.05) is 4.90 Å². The number of benzene rings is 1. The van der Waals surface area contributed by atoms with Crippen LogP contribution in [0.4, 0.5) is 10.3 Å². The average molecular weight is 342 g/mol. The van der Waals surface area contributed by atoms with Crippen molar-refractivity contribution in [1.82, 2.24) is 14.8 Å². The Bertz CT molecular complexity index is 854. The zero-order valence-electron chi connectivity index (χ0n) is 13.2. The summed E-state index contributed by atoms with van der Waals surface area (Å²) in [6.07, 6.45) is 2.69. The van der Waals surface area contributed by atoms with E-state index in [1.54, 1.807) is 18.2 Å². The molecule has 3 saturated heterocycles. The molecule has 1 aromatic carbocycles. The molecule has 25 heavy (non-hydrogen) atoms. The molecule has 2 amide bonds. The van der Waals surface area contributed by atoms with E-state index >= 15 is 0 Å². The Morgan fingerprint density at radius 3 is 2.48 bits per heavy atom. The van der Waals surface area contributed by atoms with E-state index in [2.05, 4.69) is 10.1 Å². The SMILES string of the molecule is O=C1[C@@H]2[C@@H](C(=O)N1c1ncn(Cc3ccccc3F)n1)[C@H]1CC[C@H]2O1. The molecular weight excluding hydrogens is 327 g/mol. The second-order valence-electron chi connectivity index (χ2n) is 6.69. The van der Waals surface area contributed by atoms with Gasteiger partial charge >= 0.3 is 0 Å². The second kappa shape index (κ2) is 5.19. The molecule has 4 heterocycles. The molecule has 0 unspecified atom stereocenters. The number of anilines is 1. The molecular formula is C17H15FN4O3. The number of ether oxygens (including phenoxy) is 1. The van der Waals surface area contributed by atoms with Gasteiger partial charge in [0.25, 0.3) is 5.95 Å². The van der Waals surface area contributed by atoms with E-state index in [4.69, 9.17) is 4.74 Å². The molecule has 2 aromatic rings. The van der Waals surface area contributed by atoms with Crippen molar-refractivity contribution < 1.29 is 18.7 Å². The third-order valence-corrected chi connectivity index (χ3v) is 5.30. The molecule has 0 N–H and O–H groups in total. The van der Waals surface area contributed by atoms with Crippen LogP contribution in [0.3, 0.4) is 0 Å². The summed E-state index contributed by atoms with van der Waals surface area (Å²) in [5, 5.41) is 4.21. The number of halogens is 1. The van der Waals surface area contributed by atoms with Crippen molar-refractivity contribution in [1.29, 1.82) is 0 Å². The number of aromatic nitrogens is 3. The number of fused-ring (bicyclic) bond motifs is 5. The van der Waals surface area contributed by atoms with Crippen LogP contribution < -0.4 is 4.90 Å². The zero-order chi connectivity index (χ0) is 17.1. The molecule has 2 bridgehead atoms. The summed E-state index contributed by atoms with van der Waals surface area (Å²) >= 11 is 0. The molecule has 1 aromatic heterocycles. The molecule has 0 aliphatic carbocycles. The Balaban J connectivity index is 1.41. The molecule has 128 valence electrons. The number of rotatable bonds is 3. The Hall–Kier alpha value is -2.61. The fraction of sp³-hybridized carbons (Fsp3) is 0.412. The van der Waals surface area contributed by atoms with Gasteiger partial charge in [0.2, 0.25) is 11.8 Å². The third kappa shape index (κ3) is 2.07. The minimum Gasteiger partial charge on any atom is -0.373 e. The Morgan fingerprint density at radius 1 is 1.12 bits per heavy atom. The van der Waals surface area contributed by atoms with Gasteiger partial charge in [-0.15, -0.1) is 5.10 Å². The summed E-state index contributed by atoms with van der Waals surface area (Å²) in [6, 6.07) is 6.38. The van der Waals surface area contributed by atoms with E-state index in [1.807, 2.05) is 0 Å². The van der Waals surface area contributed by atoms with Crippen LogP contribution in [0.5, 0.6) is 0 Å². The fourth-order valence-electron chi connectivity index (χ4n) is 4.17.